The average Bonchev–Trinajstić information content (AvgIpc) is 2.75. The van der Waals surface area contributed by atoms with E-state index in [0.717, 1.165) is 23.3 Å². The Morgan fingerprint density at radius 2 is 1.74 bits per heavy atom. The number of nitrogens with zero attached hydrogens (tertiary/aromatic N) is 1. The van der Waals surface area contributed by atoms with E-state index in [1.54, 1.807) is 37.8 Å². The van der Waals surface area contributed by atoms with E-state index in [1.165, 1.54) is 26.8 Å². The van der Waals surface area contributed by atoms with Crippen molar-refractivity contribution < 1.29 is 32.6 Å². The van der Waals surface area contributed by atoms with Crippen LogP contribution < -0.4 is 5.32 Å². The Morgan fingerprint density at radius 3 is 2.26 bits per heavy atom. The molecule has 2 aromatic rings. The Bertz CT molecular complexity index is 1290. The van der Waals surface area contributed by atoms with Crippen LogP contribution in [0.15, 0.2) is 29.8 Å². The third-order valence-electron chi connectivity index (χ3n) is 6.62. The average molecular weight is 547 g/mol. The second-order valence-corrected chi connectivity index (χ2v) is 11.8. The topological polar surface area (TPSA) is 78.9 Å². The minimum Gasteiger partial charge on any atom is -0.478 e. The molecule has 0 spiro atoms. The minimum absolute atomic E-state index is 0.0698. The van der Waals surface area contributed by atoms with Gasteiger partial charge in [0.25, 0.3) is 0 Å². The van der Waals surface area contributed by atoms with Gasteiger partial charge in [-0.15, -0.1) is 0 Å². The van der Waals surface area contributed by atoms with Crippen LogP contribution in [0.4, 0.5) is 23.7 Å². The van der Waals surface area contributed by atoms with E-state index < -0.39 is 41.0 Å². The maximum atomic E-state index is 15.7. The molecule has 0 fully saturated rings. The van der Waals surface area contributed by atoms with Crippen LogP contribution in [0, 0.1) is 18.6 Å². The van der Waals surface area contributed by atoms with Gasteiger partial charge in [0.2, 0.25) is 0 Å². The molecule has 0 radical (unpaired) electrons. The number of aliphatic carboxylic acids is 1. The molecular formula is C30H37F3N2O4. The van der Waals surface area contributed by atoms with Gasteiger partial charge in [0.05, 0.1) is 6.04 Å². The molecule has 2 aromatic carbocycles. The predicted octanol–water partition coefficient (Wildman–Crippen LogP) is 7.19. The summed E-state index contributed by atoms with van der Waals surface area (Å²) in [6, 6.07) is 4.29. The molecule has 0 aromatic heterocycles. The quantitative estimate of drug-likeness (QED) is 0.375. The van der Waals surface area contributed by atoms with E-state index in [1.807, 2.05) is 13.8 Å². The Hall–Kier alpha value is -3.33. The van der Waals surface area contributed by atoms with Gasteiger partial charge in [0.1, 0.15) is 22.9 Å². The van der Waals surface area contributed by atoms with Crippen molar-refractivity contribution >= 4 is 23.8 Å². The summed E-state index contributed by atoms with van der Waals surface area (Å²) >= 11 is 0. The number of halogens is 3. The maximum Gasteiger partial charge on any atom is 0.412 e. The van der Waals surface area contributed by atoms with Crippen LogP contribution in [-0.4, -0.2) is 45.9 Å². The number of carboxylic acids is 1. The lowest BCUT2D eigenvalue weighted by molar-refractivity contribution is -0.132. The number of benzene rings is 2. The molecule has 0 aliphatic carbocycles. The molecule has 39 heavy (non-hydrogen) atoms. The van der Waals surface area contributed by atoms with Gasteiger partial charge in [-0.25, -0.2) is 22.8 Å². The van der Waals surface area contributed by atoms with Crippen LogP contribution in [0.25, 0.3) is 6.08 Å². The van der Waals surface area contributed by atoms with Crippen molar-refractivity contribution in [3.63, 3.8) is 0 Å². The number of carboxylic acid groups (broad SMARTS) is 1. The number of amides is 1. The molecule has 212 valence electrons. The first-order valence-corrected chi connectivity index (χ1v) is 12.9. The lowest BCUT2D eigenvalue weighted by Crippen LogP contribution is -2.48. The monoisotopic (exact) mass is 546 g/mol. The minimum atomic E-state index is -1.65. The molecule has 1 amide bonds. The fraction of sp³-hybridized carbons (Fsp3) is 0.467. The number of fused-ring (bicyclic) bond motifs is 1. The number of carbonyl (C=O) groups is 2. The van der Waals surface area contributed by atoms with E-state index in [0.29, 0.717) is 17.7 Å². The standard InChI is InChI=1S/C30H37F3N2O4/c1-16(27(36)37)11-19-13-22(31)25(23(32)14-19)26-20-9-10-24(34-28(38)39-29(4,5)6)18(3)21(20)12-17(2)35(26)15-30(7,8)33/h9-11,13-14,17,26H,12,15H2,1-8H3,(H,34,38)(H,36,37)/b16-11+/t17-,26+/m0/s1. The summed E-state index contributed by atoms with van der Waals surface area (Å²) in [5.41, 5.74) is 0.0693. The van der Waals surface area contributed by atoms with Gasteiger partial charge in [-0.3, -0.25) is 10.2 Å². The van der Waals surface area contributed by atoms with Crippen LogP contribution in [0.1, 0.15) is 82.3 Å². The molecule has 2 N–H and O–H groups in total. The first-order chi connectivity index (χ1) is 17.9. The number of carbonyl (C=O) groups excluding carboxylic acids is 1. The highest BCUT2D eigenvalue weighted by atomic mass is 19.1. The number of hydrogen-bond donors (Lipinski definition) is 2. The zero-order valence-corrected chi connectivity index (χ0v) is 23.7. The van der Waals surface area contributed by atoms with E-state index in [9.17, 15) is 14.0 Å². The van der Waals surface area contributed by atoms with Gasteiger partial charge < -0.3 is 9.84 Å². The SMILES string of the molecule is C/C(=C\c1cc(F)c([C@H]2c3ccc(NC(=O)OC(C)(C)C)c(C)c3C[C@H](C)N2CC(C)(C)F)c(F)c1)C(=O)O. The van der Waals surface area contributed by atoms with Gasteiger partial charge in [0, 0.05) is 29.4 Å². The highest BCUT2D eigenvalue weighted by Gasteiger charge is 2.40. The van der Waals surface area contributed by atoms with Gasteiger partial charge in [-0.2, -0.15) is 0 Å². The molecule has 2 atom stereocenters. The van der Waals surface area contributed by atoms with Crippen LogP contribution in [0.5, 0.6) is 0 Å². The van der Waals surface area contributed by atoms with Crippen molar-refractivity contribution in [1.82, 2.24) is 4.90 Å². The predicted molar refractivity (Wildman–Crippen MR) is 146 cm³/mol. The van der Waals surface area contributed by atoms with Gasteiger partial charge >= 0.3 is 12.1 Å². The third-order valence-corrected chi connectivity index (χ3v) is 6.62. The van der Waals surface area contributed by atoms with Crippen LogP contribution in [-0.2, 0) is 16.0 Å². The summed E-state index contributed by atoms with van der Waals surface area (Å²) in [6.45, 7) is 13.1. The van der Waals surface area contributed by atoms with Gasteiger partial charge in [-0.05, 0) is 108 Å². The van der Waals surface area contributed by atoms with E-state index in [2.05, 4.69) is 5.32 Å². The molecular weight excluding hydrogens is 509 g/mol. The molecule has 0 bridgehead atoms. The number of rotatable bonds is 6. The van der Waals surface area contributed by atoms with Crippen molar-refractivity contribution in [3.05, 3.63) is 69.3 Å². The highest BCUT2D eigenvalue weighted by molar-refractivity contribution is 5.91. The number of anilines is 1. The Balaban J connectivity index is 2.17. The number of ether oxygens (including phenoxy) is 1. The molecule has 0 saturated carbocycles. The second kappa shape index (κ2) is 11.0. The fourth-order valence-corrected chi connectivity index (χ4v) is 4.96. The lowest BCUT2D eigenvalue weighted by atomic mass is 9.81. The Morgan fingerprint density at radius 1 is 1.15 bits per heavy atom. The van der Waals surface area contributed by atoms with Crippen molar-refractivity contribution in [2.45, 2.75) is 85.2 Å². The van der Waals surface area contributed by atoms with Gasteiger partial charge in [0.15, 0.2) is 0 Å². The normalized spacial score (nSPS) is 18.5. The first-order valence-electron chi connectivity index (χ1n) is 12.9. The largest absolute Gasteiger partial charge is 0.478 e. The third kappa shape index (κ3) is 7.20. The fourth-order valence-electron chi connectivity index (χ4n) is 4.96. The Kier molecular flexibility index (Phi) is 8.55. The van der Waals surface area contributed by atoms with Crippen LogP contribution >= 0.6 is 0 Å². The summed E-state index contributed by atoms with van der Waals surface area (Å²) in [7, 11) is 0. The number of nitrogens with one attached hydrogen (secondary N) is 1. The van der Waals surface area contributed by atoms with Crippen molar-refractivity contribution in [3.8, 4) is 0 Å². The first kappa shape index (κ1) is 30.2. The highest BCUT2D eigenvalue weighted by Crippen LogP contribution is 2.43. The maximum absolute atomic E-state index is 15.7. The molecule has 9 heteroatoms. The van der Waals surface area contributed by atoms with E-state index in [4.69, 9.17) is 9.84 Å². The van der Waals surface area contributed by atoms with Crippen molar-refractivity contribution in [1.29, 1.82) is 0 Å². The zero-order valence-electron chi connectivity index (χ0n) is 23.7. The van der Waals surface area contributed by atoms with Gasteiger partial charge in [-0.1, -0.05) is 6.07 Å². The molecule has 1 aliphatic heterocycles. The summed E-state index contributed by atoms with van der Waals surface area (Å²) in [5, 5.41) is 11.9. The van der Waals surface area contributed by atoms with Crippen molar-refractivity contribution in [2.75, 3.05) is 11.9 Å². The van der Waals surface area contributed by atoms with Crippen LogP contribution in [0.3, 0.4) is 0 Å². The van der Waals surface area contributed by atoms with E-state index in [-0.39, 0.29) is 29.3 Å². The number of alkyl halides is 1. The van der Waals surface area contributed by atoms with Crippen molar-refractivity contribution in [2.24, 2.45) is 0 Å². The molecule has 0 saturated heterocycles. The molecule has 1 aliphatic rings. The summed E-state index contributed by atoms with van der Waals surface area (Å²) in [5.74, 6) is -2.92. The lowest BCUT2D eigenvalue weighted by Gasteiger charge is -2.44. The number of hydrogen-bond acceptors (Lipinski definition) is 4. The van der Waals surface area contributed by atoms with E-state index >= 15 is 8.78 Å². The molecule has 1 heterocycles. The van der Waals surface area contributed by atoms with Crippen LogP contribution in [0.2, 0.25) is 0 Å². The summed E-state index contributed by atoms with van der Waals surface area (Å²) in [4.78, 5) is 25.4. The molecule has 0 unspecified atom stereocenters. The second-order valence-electron chi connectivity index (χ2n) is 11.8. The molecule has 6 nitrogen and oxygen atoms in total. The zero-order chi connectivity index (χ0) is 29.4. The summed E-state index contributed by atoms with van der Waals surface area (Å²) in [6.07, 6.45) is 1.04. The molecule has 3 rings (SSSR count). The Labute approximate surface area is 227 Å². The summed E-state index contributed by atoms with van der Waals surface area (Å²) < 4.78 is 51.7. The smallest absolute Gasteiger partial charge is 0.412 e.